The van der Waals surface area contributed by atoms with Crippen molar-refractivity contribution in [1.29, 1.82) is 0 Å². The molecule has 1 aromatic rings. The average molecular weight is 250 g/mol. The number of nitrogens with zero attached hydrogens (tertiary/aromatic N) is 1. The minimum absolute atomic E-state index is 0.147. The highest BCUT2D eigenvalue weighted by Gasteiger charge is 2.32. The molecule has 1 aromatic heterocycles. The summed E-state index contributed by atoms with van der Waals surface area (Å²) < 4.78 is 5.62. The van der Waals surface area contributed by atoms with Crippen molar-refractivity contribution in [2.24, 2.45) is 17.6 Å². The topological polar surface area (TPSA) is 42.4 Å². The molecule has 4 atom stereocenters. The number of hydrogen-bond acceptors (Lipinski definition) is 3. The molecular formula is C15H26N2O. The molecule has 0 amide bonds. The van der Waals surface area contributed by atoms with Gasteiger partial charge < -0.3 is 10.2 Å². The van der Waals surface area contributed by atoms with Crippen LogP contribution in [0.1, 0.15) is 45.4 Å². The highest BCUT2D eigenvalue weighted by Crippen LogP contribution is 2.31. The Balaban J connectivity index is 2.18. The molecule has 1 fully saturated rings. The SMILES string of the molecule is CCC(N)C(c1ccco1)N1CC(C)CC(C)C1. The molecule has 0 radical (unpaired) electrons. The second kappa shape index (κ2) is 5.89. The zero-order valence-corrected chi connectivity index (χ0v) is 11.8. The lowest BCUT2D eigenvalue weighted by molar-refractivity contribution is 0.0699. The van der Waals surface area contributed by atoms with Gasteiger partial charge in [-0.15, -0.1) is 0 Å². The van der Waals surface area contributed by atoms with E-state index in [1.54, 1.807) is 6.26 Å². The minimum Gasteiger partial charge on any atom is -0.468 e. The molecule has 0 aliphatic carbocycles. The van der Waals surface area contributed by atoms with E-state index in [-0.39, 0.29) is 12.1 Å². The second-order valence-electron chi connectivity index (χ2n) is 5.93. The number of furan rings is 1. The maximum Gasteiger partial charge on any atom is 0.122 e. The Labute approximate surface area is 110 Å². The first-order valence-corrected chi connectivity index (χ1v) is 7.14. The summed E-state index contributed by atoms with van der Waals surface area (Å²) in [5.74, 6) is 2.51. The number of nitrogens with two attached hydrogens (primary N) is 1. The van der Waals surface area contributed by atoms with Crippen molar-refractivity contribution in [3.63, 3.8) is 0 Å². The molecule has 0 bridgehead atoms. The van der Waals surface area contributed by atoms with Crippen LogP contribution in [-0.4, -0.2) is 24.0 Å². The Bertz CT molecular complexity index is 339. The summed E-state index contributed by atoms with van der Waals surface area (Å²) in [5, 5.41) is 0. The predicted octanol–water partition coefficient (Wildman–Crippen LogP) is 3.04. The molecule has 2 rings (SSSR count). The van der Waals surface area contributed by atoms with Gasteiger partial charge in [0.25, 0.3) is 0 Å². The second-order valence-corrected chi connectivity index (χ2v) is 5.93. The highest BCUT2D eigenvalue weighted by atomic mass is 16.3. The van der Waals surface area contributed by atoms with Crippen molar-refractivity contribution in [1.82, 2.24) is 4.90 Å². The van der Waals surface area contributed by atoms with Crippen LogP contribution in [0.5, 0.6) is 0 Å². The molecule has 0 spiro atoms. The van der Waals surface area contributed by atoms with E-state index < -0.39 is 0 Å². The first-order chi connectivity index (χ1) is 8.61. The number of likely N-dealkylation sites (tertiary alicyclic amines) is 1. The number of hydrogen-bond donors (Lipinski definition) is 1. The Morgan fingerprint density at radius 1 is 1.39 bits per heavy atom. The first-order valence-electron chi connectivity index (χ1n) is 7.14. The zero-order valence-electron chi connectivity index (χ0n) is 11.8. The Morgan fingerprint density at radius 2 is 2.06 bits per heavy atom. The van der Waals surface area contributed by atoms with Crippen LogP contribution in [0, 0.1) is 11.8 Å². The Kier molecular flexibility index (Phi) is 4.46. The molecule has 102 valence electrons. The molecule has 3 nitrogen and oxygen atoms in total. The predicted molar refractivity (Wildman–Crippen MR) is 74.2 cm³/mol. The quantitative estimate of drug-likeness (QED) is 0.893. The van der Waals surface area contributed by atoms with Crippen LogP contribution in [0.4, 0.5) is 0 Å². The van der Waals surface area contributed by atoms with Gasteiger partial charge in [0, 0.05) is 19.1 Å². The van der Waals surface area contributed by atoms with E-state index >= 15 is 0 Å². The molecule has 4 unspecified atom stereocenters. The van der Waals surface area contributed by atoms with Gasteiger partial charge in [-0.25, -0.2) is 0 Å². The summed E-state index contributed by atoms with van der Waals surface area (Å²) in [4.78, 5) is 2.52. The Morgan fingerprint density at radius 3 is 2.56 bits per heavy atom. The number of piperidine rings is 1. The molecular weight excluding hydrogens is 224 g/mol. The third-order valence-electron chi connectivity index (χ3n) is 4.00. The van der Waals surface area contributed by atoms with Crippen LogP contribution < -0.4 is 5.73 Å². The highest BCUT2D eigenvalue weighted by molar-refractivity contribution is 5.08. The molecule has 3 heteroatoms. The molecule has 2 heterocycles. The fraction of sp³-hybridized carbons (Fsp3) is 0.733. The largest absolute Gasteiger partial charge is 0.468 e. The van der Waals surface area contributed by atoms with Gasteiger partial charge in [-0.3, -0.25) is 4.90 Å². The smallest absolute Gasteiger partial charge is 0.122 e. The van der Waals surface area contributed by atoms with Gasteiger partial charge in [0.15, 0.2) is 0 Å². The van der Waals surface area contributed by atoms with Crippen molar-refractivity contribution < 1.29 is 4.42 Å². The van der Waals surface area contributed by atoms with Crippen molar-refractivity contribution >= 4 is 0 Å². The zero-order chi connectivity index (χ0) is 13.1. The summed E-state index contributed by atoms with van der Waals surface area (Å²) in [5.41, 5.74) is 6.33. The van der Waals surface area contributed by atoms with E-state index in [1.165, 1.54) is 6.42 Å². The summed E-state index contributed by atoms with van der Waals surface area (Å²) in [6.07, 6.45) is 4.05. The fourth-order valence-electron chi connectivity index (χ4n) is 3.28. The van der Waals surface area contributed by atoms with Crippen molar-refractivity contribution in [3.05, 3.63) is 24.2 Å². The van der Waals surface area contributed by atoms with E-state index in [9.17, 15) is 0 Å². The van der Waals surface area contributed by atoms with Crippen LogP contribution in [0.15, 0.2) is 22.8 Å². The van der Waals surface area contributed by atoms with Crippen molar-refractivity contribution in [2.45, 2.75) is 45.7 Å². The molecule has 0 saturated carbocycles. The van der Waals surface area contributed by atoms with E-state index in [0.29, 0.717) is 0 Å². The molecule has 1 saturated heterocycles. The van der Waals surface area contributed by atoms with E-state index in [4.69, 9.17) is 10.2 Å². The normalized spacial score (nSPS) is 29.1. The van der Waals surface area contributed by atoms with E-state index in [0.717, 1.165) is 37.1 Å². The maximum absolute atomic E-state index is 6.33. The van der Waals surface area contributed by atoms with Gasteiger partial charge in [-0.05, 0) is 36.8 Å². The summed E-state index contributed by atoms with van der Waals surface area (Å²) in [6, 6.07) is 4.40. The van der Waals surface area contributed by atoms with Gasteiger partial charge in [0.2, 0.25) is 0 Å². The summed E-state index contributed by atoms with van der Waals surface area (Å²) >= 11 is 0. The van der Waals surface area contributed by atoms with Gasteiger partial charge >= 0.3 is 0 Å². The van der Waals surface area contributed by atoms with Crippen LogP contribution in [0.25, 0.3) is 0 Å². The third kappa shape index (κ3) is 2.96. The van der Waals surface area contributed by atoms with E-state index in [1.807, 2.05) is 6.07 Å². The van der Waals surface area contributed by atoms with Gasteiger partial charge in [-0.1, -0.05) is 20.8 Å². The summed E-state index contributed by atoms with van der Waals surface area (Å²) in [7, 11) is 0. The molecule has 2 N–H and O–H groups in total. The lowest BCUT2D eigenvalue weighted by atomic mass is 9.89. The van der Waals surface area contributed by atoms with Gasteiger partial charge in [0.1, 0.15) is 5.76 Å². The number of rotatable bonds is 4. The summed E-state index contributed by atoms with van der Waals surface area (Å²) in [6.45, 7) is 9.07. The van der Waals surface area contributed by atoms with Crippen molar-refractivity contribution in [2.75, 3.05) is 13.1 Å². The minimum atomic E-state index is 0.147. The van der Waals surface area contributed by atoms with Crippen LogP contribution in [0.2, 0.25) is 0 Å². The van der Waals surface area contributed by atoms with Crippen LogP contribution in [0.3, 0.4) is 0 Å². The average Bonchev–Trinajstić information content (AvgIpc) is 2.81. The fourth-order valence-corrected chi connectivity index (χ4v) is 3.28. The molecule has 0 aromatic carbocycles. The standard InChI is InChI=1S/C15H26N2O/c1-4-13(16)15(14-6-5-7-18-14)17-9-11(2)8-12(3)10-17/h5-7,11-13,15H,4,8-10,16H2,1-3H3. The van der Waals surface area contributed by atoms with Crippen LogP contribution in [-0.2, 0) is 0 Å². The third-order valence-corrected chi connectivity index (χ3v) is 4.00. The molecule has 1 aliphatic heterocycles. The monoisotopic (exact) mass is 250 g/mol. The van der Waals surface area contributed by atoms with E-state index in [2.05, 4.69) is 31.7 Å². The molecule has 18 heavy (non-hydrogen) atoms. The molecule has 1 aliphatic rings. The van der Waals surface area contributed by atoms with Gasteiger partial charge in [-0.2, -0.15) is 0 Å². The Hall–Kier alpha value is -0.800. The van der Waals surface area contributed by atoms with Crippen molar-refractivity contribution in [3.8, 4) is 0 Å². The lowest BCUT2D eigenvalue weighted by Crippen LogP contribution is -2.47. The van der Waals surface area contributed by atoms with Crippen LogP contribution >= 0.6 is 0 Å². The van der Waals surface area contributed by atoms with Gasteiger partial charge in [0.05, 0.1) is 12.3 Å². The maximum atomic E-state index is 6.33. The first kappa shape index (κ1) is 13.6. The lowest BCUT2D eigenvalue weighted by Gasteiger charge is -2.41.